The highest BCUT2D eigenvalue weighted by atomic mass is 32.1. The van der Waals surface area contributed by atoms with Gasteiger partial charge < -0.3 is 5.32 Å². The van der Waals surface area contributed by atoms with Gasteiger partial charge >= 0.3 is 5.69 Å². The van der Waals surface area contributed by atoms with Crippen molar-refractivity contribution >= 4 is 11.3 Å². The predicted octanol–water partition coefficient (Wildman–Crippen LogP) is 0.478. The number of nitrogens with one attached hydrogen (secondary N) is 1. The Hall–Kier alpha value is -1.66. The van der Waals surface area contributed by atoms with Crippen molar-refractivity contribution in [2.24, 2.45) is 14.1 Å². The molecule has 19 heavy (non-hydrogen) atoms. The van der Waals surface area contributed by atoms with Gasteiger partial charge in [0.05, 0.1) is 0 Å². The maximum atomic E-state index is 11.7. The minimum absolute atomic E-state index is 0.266. The van der Waals surface area contributed by atoms with Crippen LogP contribution in [0, 0.1) is 0 Å². The second-order valence-electron chi connectivity index (χ2n) is 4.43. The number of aromatic nitrogens is 2. The molecule has 0 spiro atoms. The van der Waals surface area contributed by atoms with Crippen LogP contribution < -0.4 is 16.6 Å². The molecule has 0 aliphatic carbocycles. The van der Waals surface area contributed by atoms with Gasteiger partial charge in [0.1, 0.15) is 0 Å². The quantitative estimate of drug-likeness (QED) is 0.810. The third-order valence-corrected chi connectivity index (χ3v) is 3.83. The zero-order chi connectivity index (χ0) is 13.8. The molecule has 0 bridgehead atoms. The Bertz CT molecular complexity index is 656. The molecule has 6 heteroatoms. The highest BCUT2D eigenvalue weighted by Crippen LogP contribution is 2.05. The van der Waals surface area contributed by atoms with Crippen molar-refractivity contribution in [2.45, 2.75) is 13.0 Å². The minimum atomic E-state index is -0.290. The Balaban J connectivity index is 1.97. The van der Waals surface area contributed by atoms with Gasteiger partial charge in [-0.25, -0.2) is 4.79 Å². The van der Waals surface area contributed by atoms with Crippen LogP contribution >= 0.6 is 11.3 Å². The Morgan fingerprint density at radius 2 is 2.05 bits per heavy atom. The average molecular weight is 279 g/mol. The monoisotopic (exact) mass is 279 g/mol. The van der Waals surface area contributed by atoms with E-state index >= 15 is 0 Å². The largest absolute Gasteiger partial charge is 0.330 e. The van der Waals surface area contributed by atoms with E-state index in [1.165, 1.54) is 23.2 Å². The van der Waals surface area contributed by atoms with Crippen molar-refractivity contribution in [1.29, 1.82) is 0 Å². The number of hydrogen-bond acceptors (Lipinski definition) is 4. The summed E-state index contributed by atoms with van der Waals surface area (Å²) in [5.74, 6) is 0. The second-order valence-corrected chi connectivity index (χ2v) is 5.21. The summed E-state index contributed by atoms with van der Waals surface area (Å²) in [5, 5.41) is 7.43. The van der Waals surface area contributed by atoms with Crippen LogP contribution in [0.1, 0.15) is 11.3 Å². The lowest BCUT2D eigenvalue weighted by Crippen LogP contribution is -2.39. The number of rotatable bonds is 5. The van der Waals surface area contributed by atoms with Gasteiger partial charge in [0.15, 0.2) is 0 Å². The highest BCUT2D eigenvalue weighted by Gasteiger charge is 2.05. The molecule has 0 radical (unpaired) electrons. The molecule has 0 aliphatic heterocycles. The first-order chi connectivity index (χ1) is 9.09. The van der Waals surface area contributed by atoms with E-state index in [9.17, 15) is 9.59 Å². The number of thiophene rings is 1. The second kappa shape index (κ2) is 5.99. The Morgan fingerprint density at radius 1 is 1.26 bits per heavy atom. The molecular weight excluding hydrogens is 262 g/mol. The first-order valence-corrected chi connectivity index (χ1v) is 7.01. The molecule has 0 aliphatic rings. The average Bonchev–Trinajstić information content (AvgIpc) is 2.91. The van der Waals surface area contributed by atoms with Crippen LogP contribution in [0.2, 0.25) is 0 Å². The molecule has 0 amide bonds. The molecule has 0 fully saturated rings. The third-order valence-electron chi connectivity index (χ3n) is 3.10. The van der Waals surface area contributed by atoms with Gasteiger partial charge in [-0.2, -0.15) is 11.3 Å². The smallest absolute Gasteiger partial charge is 0.311 e. The molecule has 2 aromatic heterocycles. The summed E-state index contributed by atoms with van der Waals surface area (Å²) < 4.78 is 2.61. The summed E-state index contributed by atoms with van der Waals surface area (Å²) in [4.78, 5) is 23.3. The van der Waals surface area contributed by atoms with Gasteiger partial charge in [0.25, 0.3) is 5.56 Å². The molecule has 0 atom stereocenters. The van der Waals surface area contributed by atoms with Gasteiger partial charge in [-0.1, -0.05) is 0 Å². The van der Waals surface area contributed by atoms with E-state index in [0.29, 0.717) is 12.2 Å². The van der Waals surface area contributed by atoms with Crippen molar-refractivity contribution < 1.29 is 0 Å². The van der Waals surface area contributed by atoms with Crippen LogP contribution in [-0.4, -0.2) is 15.7 Å². The highest BCUT2D eigenvalue weighted by molar-refractivity contribution is 7.07. The van der Waals surface area contributed by atoms with E-state index in [-0.39, 0.29) is 11.2 Å². The molecule has 2 rings (SSSR count). The predicted molar refractivity (Wildman–Crippen MR) is 76.7 cm³/mol. The Morgan fingerprint density at radius 3 is 2.74 bits per heavy atom. The lowest BCUT2D eigenvalue weighted by atomic mass is 10.2. The van der Waals surface area contributed by atoms with E-state index in [0.717, 1.165) is 17.5 Å². The summed E-state index contributed by atoms with van der Waals surface area (Å²) in [6.45, 7) is 1.34. The maximum Gasteiger partial charge on any atom is 0.330 e. The SMILES string of the molecule is Cn1c(CNCCc2ccsc2)cc(=O)n(C)c1=O. The molecule has 5 nitrogen and oxygen atoms in total. The molecule has 0 aromatic carbocycles. The summed E-state index contributed by atoms with van der Waals surface area (Å²) in [6.07, 6.45) is 0.947. The van der Waals surface area contributed by atoms with Gasteiger partial charge in [0, 0.05) is 32.4 Å². The lowest BCUT2D eigenvalue weighted by Gasteiger charge is -2.10. The minimum Gasteiger partial charge on any atom is -0.311 e. The summed E-state index contributed by atoms with van der Waals surface area (Å²) >= 11 is 1.68. The fraction of sp³-hybridized carbons (Fsp3) is 0.385. The Kier molecular flexibility index (Phi) is 4.34. The van der Waals surface area contributed by atoms with E-state index in [1.807, 2.05) is 0 Å². The zero-order valence-corrected chi connectivity index (χ0v) is 11.9. The molecule has 0 saturated heterocycles. The van der Waals surface area contributed by atoms with Crippen LogP contribution in [-0.2, 0) is 27.1 Å². The molecule has 102 valence electrons. The van der Waals surface area contributed by atoms with Crippen LogP contribution in [0.5, 0.6) is 0 Å². The van der Waals surface area contributed by atoms with Crippen molar-refractivity contribution in [2.75, 3.05) is 6.54 Å². The fourth-order valence-corrected chi connectivity index (χ4v) is 2.54. The van der Waals surface area contributed by atoms with Crippen LogP contribution in [0.15, 0.2) is 32.5 Å². The van der Waals surface area contributed by atoms with Gasteiger partial charge in [-0.15, -0.1) is 0 Å². The standard InChI is InChI=1S/C13H17N3O2S/c1-15-11(7-12(17)16(2)13(15)18)8-14-5-3-10-4-6-19-9-10/h4,6-7,9,14H,3,5,8H2,1-2H3. The Labute approximate surface area is 115 Å². The van der Waals surface area contributed by atoms with E-state index < -0.39 is 0 Å². The van der Waals surface area contributed by atoms with E-state index in [1.54, 1.807) is 18.4 Å². The first-order valence-electron chi connectivity index (χ1n) is 6.07. The van der Waals surface area contributed by atoms with Crippen LogP contribution in [0.4, 0.5) is 0 Å². The van der Waals surface area contributed by atoms with Gasteiger partial charge in [0.2, 0.25) is 0 Å². The molecular formula is C13H17N3O2S. The number of hydrogen-bond donors (Lipinski definition) is 1. The van der Waals surface area contributed by atoms with Crippen LogP contribution in [0.25, 0.3) is 0 Å². The first kappa shape index (κ1) is 13.8. The molecule has 1 N–H and O–H groups in total. The lowest BCUT2D eigenvalue weighted by molar-refractivity contribution is 0.601. The van der Waals surface area contributed by atoms with Crippen molar-refractivity contribution in [1.82, 2.24) is 14.5 Å². The van der Waals surface area contributed by atoms with E-state index in [2.05, 4.69) is 22.1 Å². The molecule has 2 heterocycles. The zero-order valence-electron chi connectivity index (χ0n) is 11.0. The summed E-state index contributed by atoms with van der Waals surface area (Å²) in [7, 11) is 3.16. The summed E-state index contributed by atoms with van der Waals surface area (Å²) in [5.41, 5.74) is 1.45. The summed E-state index contributed by atoms with van der Waals surface area (Å²) in [6, 6.07) is 3.60. The van der Waals surface area contributed by atoms with Crippen molar-refractivity contribution in [3.05, 3.63) is 55.0 Å². The van der Waals surface area contributed by atoms with Gasteiger partial charge in [-0.05, 0) is 35.4 Å². The van der Waals surface area contributed by atoms with Gasteiger partial charge in [-0.3, -0.25) is 13.9 Å². The van der Waals surface area contributed by atoms with Crippen molar-refractivity contribution in [3.8, 4) is 0 Å². The molecule has 2 aromatic rings. The molecule has 0 unspecified atom stereocenters. The normalized spacial score (nSPS) is 10.8. The van der Waals surface area contributed by atoms with Crippen molar-refractivity contribution in [3.63, 3.8) is 0 Å². The van der Waals surface area contributed by atoms with E-state index in [4.69, 9.17) is 0 Å². The molecule has 0 saturated carbocycles. The fourth-order valence-electron chi connectivity index (χ4n) is 1.83. The maximum absolute atomic E-state index is 11.7. The topological polar surface area (TPSA) is 56.0 Å². The van der Waals surface area contributed by atoms with Crippen LogP contribution in [0.3, 0.4) is 0 Å². The number of nitrogens with zero attached hydrogens (tertiary/aromatic N) is 2. The third kappa shape index (κ3) is 3.21.